The van der Waals surface area contributed by atoms with Crippen molar-refractivity contribution < 1.29 is 36.0 Å². The van der Waals surface area contributed by atoms with Crippen molar-refractivity contribution in [3.8, 4) is 50.7 Å². The minimum absolute atomic E-state index is 0. The summed E-state index contributed by atoms with van der Waals surface area (Å²) in [6.45, 7) is 32.4. The Kier molecular flexibility index (Phi) is 14.5. The number of rotatable bonds is 9. The topological polar surface area (TPSA) is 33.5 Å². The molecule has 8 heteroatoms. The molecular formula is C73H71F2N4OPt-3. The zero-order chi connectivity index (χ0) is 57.7. The summed E-state index contributed by atoms with van der Waals surface area (Å²) in [5.41, 5.74) is 14.3. The molecule has 0 radical (unpaired) electrons. The monoisotopic (exact) mass is 1250 g/mol. The molecule has 5 nitrogen and oxygen atoms in total. The van der Waals surface area contributed by atoms with Gasteiger partial charge in [0.05, 0.1) is 0 Å². The fourth-order valence-electron chi connectivity index (χ4n) is 10.9. The van der Waals surface area contributed by atoms with Gasteiger partial charge in [-0.3, -0.25) is 0 Å². The van der Waals surface area contributed by atoms with Crippen molar-refractivity contribution in [2.75, 3.05) is 9.80 Å². The van der Waals surface area contributed by atoms with E-state index in [1.165, 1.54) is 28.8 Å². The number of fused-ring (bicyclic) bond motifs is 4. The number of para-hydroxylation sites is 3. The Hall–Kier alpha value is -7.34. The van der Waals surface area contributed by atoms with Crippen LogP contribution < -0.4 is 14.5 Å². The predicted molar refractivity (Wildman–Crippen MR) is 329 cm³/mol. The standard InChI is InChI=1S/C73H71F2N4O.Pt/c1-45(2)58-21-15-16-22-59(58)48-35-55(42-57(36-48)80-56-27-28-61-60-23-17-18-24-64(60)79(67(61)43-56)68-40-49(29-30-76-68)70(3,4)5)77-44-78(66-26-20-19-25-65(66)77)69-62(46-31-50(71(6,7)8)37-51(32-46)72(9,10)11)38-52(73(12,13)14)39-63(69)47-33-53(74)41-54(75)34-47;/h15-41,44-45H,1-14H3;/q-3;/i45D;. The van der Waals surface area contributed by atoms with E-state index >= 15 is 8.78 Å². The Bertz CT molecular complexity index is 4040. The molecule has 1 aliphatic heterocycles. The van der Waals surface area contributed by atoms with Gasteiger partial charge < -0.3 is 19.1 Å². The maximum atomic E-state index is 15.7. The number of hydrogen-bond donors (Lipinski definition) is 0. The second-order valence-corrected chi connectivity index (χ2v) is 25.8. The van der Waals surface area contributed by atoms with Gasteiger partial charge in [0, 0.05) is 79.9 Å². The number of aromatic nitrogens is 2. The summed E-state index contributed by atoms with van der Waals surface area (Å²) < 4.78 is 49.9. The smallest absolute Gasteiger partial charge is 0.135 e. The Morgan fingerprint density at radius 3 is 1.70 bits per heavy atom. The van der Waals surface area contributed by atoms with Crippen LogP contribution in [0.4, 0.5) is 31.5 Å². The van der Waals surface area contributed by atoms with Crippen LogP contribution in [0.15, 0.2) is 164 Å². The van der Waals surface area contributed by atoms with Crippen LogP contribution in [0.2, 0.25) is 0 Å². The molecular weight excluding hydrogens is 1180 g/mol. The number of benzene rings is 8. The largest absolute Gasteiger partial charge is 0.509 e. The molecule has 0 saturated heterocycles. The molecule has 0 saturated carbocycles. The van der Waals surface area contributed by atoms with Gasteiger partial charge in [-0.15, -0.1) is 53.6 Å². The summed E-state index contributed by atoms with van der Waals surface area (Å²) in [5, 5.41) is 2.10. The number of ether oxygens (including phenoxy) is 1. The van der Waals surface area contributed by atoms with E-state index in [4.69, 9.17) is 9.72 Å². The summed E-state index contributed by atoms with van der Waals surface area (Å²) >= 11 is 0. The number of hydrogen-bond acceptors (Lipinski definition) is 4. The third-order valence-electron chi connectivity index (χ3n) is 15.5. The molecule has 10 aromatic rings. The second kappa shape index (κ2) is 21.2. The predicted octanol–water partition coefficient (Wildman–Crippen LogP) is 20.6. The van der Waals surface area contributed by atoms with E-state index in [0.717, 1.165) is 84.1 Å². The van der Waals surface area contributed by atoms with Crippen LogP contribution in [0, 0.1) is 30.4 Å². The van der Waals surface area contributed by atoms with Crippen LogP contribution >= 0.6 is 0 Å². The van der Waals surface area contributed by atoms with Gasteiger partial charge in [0.15, 0.2) is 0 Å². The SMILES string of the molecule is [2H]C(C)(C)c1ccccc1-c1cc(Oc2[c-]c3c(cc2)c2ccccc2n3-c2cc(C(C)(C)C)ccn2)[c-]c(N2[CH-]N(c3c(-c4cc(F)cc(F)c4)cc(C(C)(C)C)cc3-c3cc(C(C)(C)C)cc(C(C)(C)C)c3)c3ccccc32)c1.[Pt]. The van der Waals surface area contributed by atoms with Crippen molar-refractivity contribution in [3.63, 3.8) is 0 Å². The van der Waals surface area contributed by atoms with Crippen molar-refractivity contribution >= 4 is 44.6 Å². The van der Waals surface area contributed by atoms with Crippen molar-refractivity contribution in [2.45, 2.75) is 124 Å². The molecule has 0 spiro atoms. The summed E-state index contributed by atoms with van der Waals surface area (Å²) in [6.07, 6.45) is 1.88. The second-order valence-electron chi connectivity index (χ2n) is 25.8. The summed E-state index contributed by atoms with van der Waals surface area (Å²) in [4.78, 5) is 9.19. The van der Waals surface area contributed by atoms with Gasteiger partial charge in [-0.25, -0.2) is 13.8 Å². The van der Waals surface area contributed by atoms with Crippen molar-refractivity contribution in [1.29, 1.82) is 0 Å². The first-order valence-corrected chi connectivity index (χ1v) is 27.7. The maximum Gasteiger partial charge on any atom is 0.135 e. The molecule has 416 valence electrons. The molecule has 0 unspecified atom stereocenters. The summed E-state index contributed by atoms with van der Waals surface area (Å²) in [6, 6.07) is 59.4. The van der Waals surface area contributed by atoms with Crippen LogP contribution in [-0.4, -0.2) is 9.55 Å². The first-order chi connectivity index (χ1) is 38.1. The average molecular weight is 1250 g/mol. The van der Waals surface area contributed by atoms with Gasteiger partial charge in [0.25, 0.3) is 0 Å². The molecule has 8 aromatic carbocycles. The first-order valence-electron chi connectivity index (χ1n) is 28.2. The Balaban J connectivity index is 0.00000753. The third kappa shape index (κ3) is 11.1. The first kappa shape index (κ1) is 55.6. The summed E-state index contributed by atoms with van der Waals surface area (Å²) in [5.74, 6) is -0.536. The van der Waals surface area contributed by atoms with E-state index in [1.807, 2.05) is 68.6 Å². The molecule has 0 N–H and O–H groups in total. The van der Waals surface area contributed by atoms with E-state index < -0.39 is 17.5 Å². The number of anilines is 4. The van der Waals surface area contributed by atoms with Gasteiger partial charge >= 0.3 is 0 Å². The van der Waals surface area contributed by atoms with E-state index in [1.54, 1.807) is 0 Å². The molecule has 1 aliphatic rings. The van der Waals surface area contributed by atoms with Crippen LogP contribution in [-0.2, 0) is 42.7 Å². The Labute approximate surface area is 494 Å². The summed E-state index contributed by atoms with van der Waals surface area (Å²) in [7, 11) is 0. The van der Waals surface area contributed by atoms with Crippen molar-refractivity contribution in [2.24, 2.45) is 0 Å². The fourth-order valence-corrected chi connectivity index (χ4v) is 10.9. The van der Waals surface area contributed by atoms with E-state index in [2.05, 4.69) is 207 Å². The minimum Gasteiger partial charge on any atom is -0.509 e. The Morgan fingerprint density at radius 2 is 1.07 bits per heavy atom. The normalized spacial score (nSPS) is 13.4. The van der Waals surface area contributed by atoms with E-state index in [0.29, 0.717) is 28.3 Å². The molecule has 0 atom stereocenters. The molecule has 2 aromatic heterocycles. The van der Waals surface area contributed by atoms with Crippen LogP contribution in [0.1, 0.15) is 132 Å². The van der Waals surface area contributed by atoms with Crippen LogP contribution in [0.5, 0.6) is 11.5 Å². The average Bonchev–Trinajstić information content (AvgIpc) is 2.87. The molecule has 0 aliphatic carbocycles. The van der Waals surface area contributed by atoms with Gasteiger partial charge in [-0.05, 0) is 132 Å². The van der Waals surface area contributed by atoms with E-state index in [9.17, 15) is 1.37 Å². The maximum absolute atomic E-state index is 15.7. The minimum atomic E-state index is -0.940. The Morgan fingerprint density at radius 1 is 0.519 bits per heavy atom. The van der Waals surface area contributed by atoms with Crippen LogP contribution in [0.3, 0.4) is 0 Å². The molecule has 0 bridgehead atoms. The molecule has 0 fully saturated rings. The number of halogens is 2. The number of pyridine rings is 1. The molecule has 81 heavy (non-hydrogen) atoms. The fraction of sp³-hybridized carbons (Fsp3) is 0.260. The van der Waals surface area contributed by atoms with Crippen molar-refractivity contribution in [3.05, 3.63) is 222 Å². The van der Waals surface area contributed by atoms with Gasteiger partial charge in [-0.1, -0.05) is 175 Å². The van der Waals surface area contributed by atoms with E-state index in [-0.39, 0.29) is 42.7 Å². The molecule has 0 amide bonds. The molecule has 11 rings (SSSR count). The quantitative estimate of drug-likeness (QED) is 0.135. The van der Waals surface area contributed by atoms with Crippen LogP contribution in [0.25, 0.3) is 61.0 Å². The zero-order valence-electron chi connectivity index (χ0n) is 49.9. The van der Waals surface area contributed by atoms with Crippen molar-refractivity contribution in [1.82, 2.24) is 9.55 Å². The van der Waals surface area contributed by atoms with Gasteiger partial charge in [0.1, 0.15) is 17.5 Å². The zero-order valence-corrected chi connectivity index (χ0v) is 51.2. The van der Waals surface area contributed by atoms with Gasteiger partial charge in [-0.2, -0.15) is 6.07 Å². The molecule has 3 heterocycles. The third-order valence-corrected chi connectivity index (χ3v) is 15.5. The van der Waals surface area contributed by atoms with Gasteiger partial charge in [0.2, 0.25) is 0 Å². The number of nitrogens with zero attached hydrogens (tertiary/aromatic N) is 4.